The summed E-state index contributed by atoms with van der Waals surface area (Å²) in [7, 11) is 0. The standard InChI is InChI=1S/C14H21FN2S/c1-14(11-16,17-6-8-18-9-7-17)10-12-4-2-3-5-13(12)15/h2-5H,6-11,16H2,1H3. The predicted octanol–water partition coefficient (Wildman–Crippen LogP) is 2.13. The van der Waals surface area contributed by atoms with Crippen LogP contribution >= 0.6 is 11.8 Å². The van der Waals surface area contributed by atoms with E-state index in [1.54, 1.807) is 6.07 Å². The second-order valence-corrected chi connectivity index (χ2v) is 6.29. The van der Waals surface area contributed by atoms with Gasteiger partial charge in [-0.05, 0) is 25.0 Å². The Morgan fingerprint density at radius 1 is 1.33 bits per heavy atom. The number of hydrogen-bond donors (Lipinski definition) is 1. The maximum atomic E-state index is 13.8. The first kappa shape index (κ1) is 13.8. The van der Waals surface area contributed by atoms with E-state index in [0.29, 0.717) is 13.0 Å². The molecular formula is C14H21FN2S. The van der Waals surface area contributed by atoms with Crippen molar-refractivity contribution in [3.8, 4) is 0 Å². The van der Waals surface area contributed by atoms with E-state index in [1.807, 2.05) is 23.9 Å². The van der Waals surface area contributed by atoms with Crippen molar-refractivity contribution in [3.63, 3.8) is 0 Å². The Morgan fingerprint density at radius 2 is 2.00 bits per heavy atom. The molecule has 4 heteroatoms. The number of thioether (sulfide) groups is 1. The molecule has 0 aromatic heterocycles. The van der Waals surface area contributed by atoms with Crippen molar-refractivity contribution in [3.05, 3.63) is 35.6 Å². The van der Waals surface area contributed by atoms with Crippen LogP contribution in [0.1, 0.15) is 12.5 Å². The lowest BCUT2D eigenvalue weighted by Gasteiger charge is -2.43. The zero-order valence-corrected chi connectivity index (χ0v) is 11.7. The summed E-state index contributed by atoms with van der Waals surface area (Å²) >= 11 is 1.98. The molecule has 1 saturated heterocycles. The van der Waals surface area contributed by atoms with E-state index in [2.05, 4.69) is 11.8 Å². The van der Waals surface area contributed by atoms with Crippen LogP contribution in [0.25, 0.3) is 0 Å². The third-order valence-corrected chi connectivity index (χ3v) is 4.69. The molecule has 1 fully saturated rings. The first-order valence-electron chi connectivity index (χ1n) is 6.42. The second kappa shape index (κ2) is 6.04. The summed E-state index contributed by atoms with van der Waals surface area (Å²) < 4.78 is 13.8. The average Bonchev–Trinajstić information content (AvgIpc) is 2.42. The molecule has 100 valence electrons. The Morgan fingerprint density at radius 3 is 2.61 bits per heavy atom. The highest BCUT2D eigenvalue weighted by Crippen LogP contribution is 2.24. The molecule has 0 saturated carbocycles. The normalized spacial score (nSPS) is 20.6. The van der Waals surface area contributed by atoms with Gasteiger partial charge in [0.2, 0.25) is 0 Å². The lowest BCUT2D eigenvalue weighted by molar-refractivity contribution is 0.122. The van der Waals surface area contributed by atoms with E-state index in [0.717, 1.165) is 30.2 Å². The molecule has 0 radical (unpaired) electrons. The molecule has 1 unspecified atom stereocenters. The van der Waals surface area contributed by atoms with E-state index < -0.39 is 0 Å². The molecule has 2 rings (SSSR count). The number of nitrogens with zero attached hydrogens (tertiary/aromatic N) is 1. The molecule has 0 spiro atoms. The van der Waals surface area contributed by atoms with Gasteiger partial charge in [-0.2, -0.15) is 11.8 Å². The Labute approximate surface area is 113 Å². The number of hydrogen-bond acceptors (Lipinski definition) is 3. The lowest BCUT2D eigenvalue weighted by Crippen LogP contribution is -2.56. The van der Waals surface area contributed by atoms with E-state index in [1.165, 1.54) is 6.07 Å². The van der Waals surface area contributed by atoms with Crippen molar-refractivity contribution in [2.45, 2.75) is 18.9 Å². The van der Waals surface area contributed by atoms with Crippen molar-refractivity contribution < 1.29 is 4.39 Å². The molecule has 1 aromatic carbocycles. The zero-order chi connectivity index (χ0) is 13.0. The van der Waals surface area contributed by atoms with E-state index in [-0.39, 0.29) is 11.4 Å². The van der Waals surface area contributed by atoms with Gasteiger partial charge in [0.25, 0.3) is 0 Å². The maximum Gasteiger partial charge on any atom is 0.126 e. The fourth-order valence-electron chi connectivity index (χ4n) is 2.47. The fraction of sp³-hybridized carbons (Fsp3) is 0.571. The molecule has 1 aliphatic heterocycles. The monoisotopic (exact) mass is 268 g/mol. The van der Waals surface area contributed by atoms with Crippen LogP contribution < -0.4 is 5.73 Å². The second-order valence-electron chi connectivity index (χ2n) is 5.07. The quantitative estimate of drug-likeness (QED) is 0.907. The van der Waals surface area contributed by atoms with Gasteiger partial charge in [0, 0.05) is 36.7 Å². The number of nitrogens with two attached hydrogens (primary N) is 1. The molecule has 2 nitrogen and oxygen atoms in total. The first-order valence-corrected chi connectivity index (χ1v) is 7.57. The zero-order valence-electron chi connectivity index (χ0n) is 10.9. The van der Waals surface area contributed by atoms with Crippen LogP contribution in [0.15, 0.2) is 24.3 Å². The van der Waals surface area contributed by atoms with Gasteiger partial charge in [-0.1, -0.05) is 18.2 Å². The fourth-order valence-corrected chi connectivity index (χ4v) is 3.37. The average molecular weight is 268 g/mol. The summed E-state index contributed by atoms with van der Waals surface area (Å²) in [5, 5.41) is 0. The van der Waals surface area contributed by atoms with Gasteiger partial charge in [-0.15, -0.1) is 0 Å². The molecule has 18 heavy (non-hydrogen) atoms. The summed E-state index contributed by atoms with van der Waals surface area (Å²) in [6.07, 6.45) is 0.681. The van der Waals surface area contributed by atoms with Crippen LogP contribution in [0, 0.1) is 5.82 Å². The molecule has 0 aliphatic carbocycles. The van der Waals surface area contributed by atoms with E-state index in [9.17, 15) is 4.39 Å². The Kier molecular flexibility index (Phi) is 4.65. The third-order valence-electron chi connectivity index (χ3n) is 3.74. The predicted molar refractivity (Wildman–Crippen MR) is 76.5 cm³/mol. The maximum absolute atomic E-state index is 13.8. The summed E-state index contributed by atoms with van der Waals surface area (Å²) in [5.41, 5.74) is 6.60. The third kappa shape index (κ3) is 3.05. The topological polar surface area (TPSA) is 29.3 Å². The Balaban J connectivity index is 2.14. The van der Waals surface area contributed by atoms with Gasteiger partial charge in [0.1, 0.15) is 5.82 Å². The van der Waals surface area contributed by atoms with Crippen molar-refractivity contribution >= 4 is 11.8 Å². The number of halogens is 1. The van der Waals surface area contributed by atoms with E-state index in [4.69, 9.17) is 5.73 Å². The van der Waals surface area contributed by atoms with Gasteiger partial charge in [0.05, 0.1) is 0 Å². The molecule has 2 N–H and O–H groups in total. The van der Waals surface area contributed by atoms with Gasteiger partial charge >= 0.3 is 0 Å². The summed E-state index contributed by atoms with van der Waals surface area (Å²) in [6.45, 7) is 4.81. The van der Waals surface area contributed by atoms with Gasteiger partial charge in [0.15, 0.2) is 0 Å². The van der Waals surface area contributed by atoms with Crippen molar-refractivity contribution in [1.29, 1.82) is 0 Å². The molecule has 1 heterocycles. The minimum Gasteiger partial charge on any atom is -0.329 e. The molecule has 1 aromatic rings. The van der Waals surface area contributed by atoms with E-state index >= 15 is 0 Å². The molecular weight excluding hydrogens is 247 g/mol. The van der Waals surface area contributed by atoms with Crippen LogP contribution in [-0.2, 0) is 6.42 Å². The van der Waals surface area contributed by atoms with Crippen molar-refractivity contribution in [2.24, 2.45) is 5.73 Å². The van der Waals surface area contributed by atoms with Crippen molar-refractivity contribution in [1.82, 2.24) is 4.90 Å². The number of benzene rings is 1. The first-order chi connectivity index (χ1) is 8.65. The van der Waals surface area contributed by atoms with Crippen LogP contribution in [0.5, 0.6) is 0 Å². The largest absolute Gasteiger partial charge is 0.329 e. The summed E-state index contributed by atoms with van der Waals surface area (Å²) in [4.78, 5) is 2.41. The highest BCUT2D eigenvalue weighted by Gasteiger charge is 2.32. The summed E-state index contributed by atoms with van der Waals surface area (Å²) in [5.74, 6) is 2.17. The smallest absolute Gasteiger partial charge is 0.126 e. The highest BCUT2D eigenvalue weighted by molar-refractivity contribution is 7.99. The van der Waals surface area contributed by atoms with Crippen LogP contribution in [0.3, 0.4) is 0 Å². The van der Waals surface area contributed by atoms with Gasteiger partial charge in [-0.25, -0.2) is 4.39 Å². The minimum absolute atomic E-state index is 0.122. The van der Waals surface area contributed by atoms with Gasteiger partial charge in [-0.3, -0.25) is 4.90 Å². The number of rotatable bonds is 4. The SMILES string of the molecule is CC(CN)(Cc1ccccc1F)N1CCSCC1. The van der Waals surface area contributed by atoms with Crippen LogP contribution in [-0.4, -0.2) is 41.6 Å². The highest BCUT2D eigenvalue weighted by atomic mass is 32.2. The van der Waals surface area contributed by atoms with Gasteiger partial charge < -0.3 is 5.73 Å². The molecule has 0 amide bonds. The molecule has 0 bridgehead atoms. The lowest BCUT2D eigenvalue weighted by atomic mass is 9.90. The van der Waals surface area contributed by atoms with Crippen molar-refractivity contribution in [2.75, 3.05) is 31.1 Å². The summed E-state index contributed by atoms with van der Waals surface area (Å²) in [6, 6.07) is 7.01. The molecule has 1 atom stereocenters. The van der Waals surface area contributed by atoms with Crippen LogP contribution in [0.4, 0.5) is 4.39 Å². The van der Waals surface area contributed by atoms with Crippen LogP contribution in [0.2, 0.25) is 0 Å². The Hall–Kier alpha value is -0.580. The minimum atomic E-state index is -0.136. The molecule has 1 aliphatic rings. The Bertz CT molecular complexity index is 393.